The lowest BCUT2D eigenvalue weighted by Gasteiger charge is -2.40. The first kappa shape index (κ1) is 13.7. The van der Waals surface area contributed by atoms with Crippen LogP contribution < -0.4 is 5.32 Å². The summed E-state index contributed by atoms with van der Waals surface area (Å²) >= 11 is 1.84. The molecule has 0 radical (unpaired) electrons. The van der Waals surface area contributed by atoms with Gasteiger partial charge in [-0.25, -0.2) is 0 Å². The third-order valence-electron chi connectivity index (χ3n) is 3.29. The van der Waals surface area contributed by atoms with Gasteiger partial charge in [-0.15, -0.1) is 11.3 Å². The highest BCUT2D eigenvalue weighted by atomic mass is 32.1. The summed E-state index contributed by atoms with van der Waals surface area (Å²) in [6, 6.07) is 4.76. The van der Waals surface area contributed by atoms with E-state index >= 15 is 0 Å². The van der Waals surface area contributed by atoms with Crippen LogP contribution in [0.3, 0.4) is 0 Å². The second-order valence-electron chi connectivity index (χ2n) is 4.95. The topological polar surface area (TPSA) is 15.3 Å². The van der Waals surface area contributed by atoms with Crippen LogP contribution in [0.4, 0.5) is 0 Å². The highest BCUT2D eigenvalue weighted by Crippen LogP contribution is 2.32. The zero-order chi connectivity index (χ0) is 12.2. The van der Waals surface area contributed by atoms with E-state index in [9.17, 15) is 0 Å². The zero-order valence-corrected chi connectivity index (χ0v) is 11.9. The number of nitrogens with zero attached hydrogens (tertiary/aromatic N) is 1. The minimum absolute atomic E-state index is 0.125. The molecule has 0 amide bonds. The summed E-state index contributed by atoms with van der Waals surface area (Å²) in [5, 5.41) is 5.82. The summed E-state index contributed by atoms with van der Waals surface area (Å²) < 4.78 is 0. The van der Waals surface area contributed by atoms with Crippen molar-refractivity contribution < 1.29 is 0 Å². The van der Waals surface area contributed by atoms with Crippen molar-refractivity contribution in [1.29, 1.82) is 0 Å². The predicted octanol–water partition coefficient (Wildman–Crippen LogP) is 3.13. The van der Waals surface area contributed by atoms with E-state index in [2.05, 4.69) is 62.6 Å². The molecule has 1 atom stereocenters. The predicted molar refractivity (Wildman–Crippen MR) is 73.1 cm³/mol. The molecule has 0 aliphatic rings. The Labute approximate surface area is 104 Å². The van der Waals surface area contributed by atoms with Crippen LogP contribution in [0, 0.1) is 0 Å². The minimum Gasteiger partial charge on any atom is -0.308 e. The van der Waals surface area contributed by atoms with Crippen molar-refractivity contribution in [3.05, 3.63) is 22.4 Å². The van der Waals surface area contributed by atoms with Gasteiger partial charge in [0.05, 0.1) is 6.04 Å². The zero-order valence-electron chi connectivity index (χ0n) is 11.1. The van der Waals surface area contributed by atoms with E-state index in [4.69, 9.17) is 0 Å². The molecule has 16 heavy (non-hydrogen) atoms. The fraction of sp³-hybridized carbons (Fsp3) is 0.692. The third-order valence-corrected chi connectivity index (χ3v) is 4.22. The Morgan fingerprint density at radius 1 is 1.44 bits per heavy atom. The molecule has 0 aliphatic carbocycles. The average Bonchev–Trinajstić information content (AvgIpc) is 2.71. The Balaban J connectivity index is 2.87. The molecule has 0 fully saturated rings. The maximum atomic E-state index is 3.66. The van der Waals surface area contributed by atoms with E-state index in [1.54, 1.807) is 0 Å². The lowest BCUT2D eigenvalue weighted by atomic mass is 9.91. The molecule has 1 aromatic heterocycles. The normalized spacial score (nSPS) is 14.4. The Morgan fingerprint density at radius 3 is 2.56 bits per heavy atom. The summed E-state index contributed by atoms with van der Waals surface area (Å²) in [6.07, 6.45) is 1.17. The maximum Gasteiger partial charge on any atom is 0.0596 e. The molecule has 0 saturated heterocycles. The van der Waals surface area contributed by atoms with Crippen molar-refractivity contribution in [2.75, 3.05) is 20.6 Å². The Hall–Kier alpha value is -0.380. The average molecular weight is 240 g/mol. The highest BCUT2D eigenvalue weighted by molar-refractivity contribution is 7.10. The molecular formula is C13H24N2S. The van der Waals surface area contributed by atoms with E-state index in [0.717, 1.165) is 6.54 Å². The number of rotatable bonds is 6. The number of hydrogen-bond donors (Lipinski definition) is 1. The molecule has 92 valence electrons. The smallest absolute Gasteiger partial charge is 0.0596 e. The fourth-order valence-corrected chi connectivity index (χ4v) is 2.68. The van der Waals surface area contributed by atoms with Gasteiger partial charge in [0, 0.05) is 10.4 Å². The first-order valence-electron chi connectivity index (χ1n) is 5.94. The van der Waals surface area contributed by atoms with Gasteiger partial charge in [0.1, 0.15) is 0 Å². The van der Waals surface area contributed by atoms with Gasteiger partial charge in [-0.05, 0) is 52.4 Å². The molecule has 0 bridgehead atoms. The molecule has 0 spiro atoms. The fourth-order valence-electron chi connectivity index (χ4n) is 1.70. The Morgan fingerprint density at radius 2 is 2.12 bits per heavy atom. The molecule has 3 heteroatoms. The summed E-state index contributed by atoms with van der Waals surface area (Å²) in [5.41, 5.74) is 0.125. The third kappa shape index (κ3) is 3.06. The van der Waals surface area contributed by atoms with Crippen LogP contribution in [-0.4, -0.2) is 31.1 Å². The van der Waals surface area contributed by atoms with Crippen LogP contribution >= 0.6 is 11.3 Å². The van der Waals surface area contributed by atoms with Crippen molar-refractivity contribution in [3.63, 3.8) is 0 Å². The van der Waals surface area contributed by atoms with Gasteiger partial charge in [0.25, 0.3) is 0 Å². The van der Waals surface area contributed by atoms with Gasteiger partial charge in [0.15, 0.2) is 0 Å². The van der Waals surface area contributed by atoms with E-state index in [0.29, 0.717) is 6.04 Å². The first-order chi connectivity index (χ1) is 7.50. The summed E-state index contributed by atoms with van der Waals surface area (Å²) in [7, 11) is 4.29. The van der Waals surface area contributed by atoms with Crippen LogP contribution in [0.15, 0.2) is 17.5 Å². The molecule has 2 nitrogen and oxygen atoms in total. The van der Waals surface area contributed by atoms with Crippen molar-refractivity contribution in [2.45, 2.75) is 38.8 Å². The molecule has 0 aliphatic heterocycles. The summed E-state index contributed by atoms with van der Waals surface area (Å²) in [5.74, 6) is 0. The van der Waals surface area contributed by atoms with E-state index in [1.807, 2.05) is 11.3 Å². The molecule has 1 N–H and O–H groups in total. The van der Waals surface area contributed by atoms with Crippen LogP contribution in [0.2, 0.25) is 0 Å². The first-order valence-corrected chi connectivity index (χ1v) is 6.82. The van der Waals surface area contributed by atoms with Crippen molar-refractivity contribution in [3.8, 4) is 0 Å². The minimum atomic E-state index is 0.125. The number of likely N-dealkylation sites (N-methyl/N-ethyl adjacent to an activating group) is 1. The van der Waals surface area contributed by atoms with E-state index in [1.165, 1.54) is 11.3 Å². The monoisotopic (exact) mass is 240 g/mol. The quantitative estimate of drug-likeness (QED) is 0.822. The van der Waals surface area contributed by atoms with E-state index < -0.39 is 0 Å². The van der Waals surface area contributed by atoms with Gasteiger partial charge in [-0.1, -0.05) is 13.0 Å². The molecule has 1 unspecified atom stereocenters. The molecule has 0 aromatic carbocycles. The SMILES string of the molecule is CCCNC(c1cccs1)C(C)(C)N(C)C. The van der Waals surface area contributed by atoms with Crippen LogP contribution in [0.1, 0.15) is 38.1 Å². The van der Waals surface area contributed by atoms with Crippen molar-refractivity contribution in [2.24, 2.45) is 0 Å². The Kier molecular flexibility index (Phi) is 4.96. The molecule has 0 saturated carbocycles. The molecule has 1 aromatic rings. The van der Waals surface area contributed by atoms with Crippen molar-refractivity contribution in [1.82, 2.24) is 10.2 Å². The summed E-state index contributed by atoms with van der Waals surface area (Å²) in [4.78, 5) is 3.72. The van der Waals surface area contributed by atoms with Crippen LogP contribution in [0.5, 0.6) is 0 Å². The van der Waals surface area contributed by atoms with Crippen LogP contribution in [-0.2, 0) is 0 Å². The van der Waals surface area contributed by atoms with Gasteiger partial charge in [-0.2, -0.15) is 0 Å². The number of thiophene rings is 1. The summed E-state index contributed by atoms with van der Waals surface area (Å²) in [6.45, 7) is 7.86. The van der Waals surface area contributed by atoms with Crippen molar-refractivity contribution >= 4 is 11.3 Å². The largest absolute Gasteiger partial charge is 0.308 e. The maximum absolute atomic E-state index is 3.66. The number of hydrogen-bond acceptors (Lipinski definition) is 3. The lowest BCUT2D eigenvalue weighted by molar-refractivity contribution is 0.140. The van der Waals surface area contributed by atoms with Crippen LogP contribution in [0.25, 0.3) is 0 Å². The molecule has 1 rings (SSSR count). The van der Waals surface area contributed by atoms with E-state index in [-0.39, 0.29) is 5.54 Å². The molecular weight excluding hydrogens is 216 g/mol. The highest BCUT2D eigenvalue weighted by Gasteiger charge is 2.32. The molecule has 1 heterocycles. The second kappa shape index (κ2) is 5.80. The standard InChI is InChI=1S/C13H24N2S/c1-6-9-14-12(11-8-7-10-16-11)13(2,3)15(4)5/h7-8,10,12,14H,6,9H2,1-5H3. The lowest BCUT2D eigenvalue weighted by Crippen LogP contribution is -2.49. The second-order valence-corrected chi connectivity index (χ2v) is 5.93. The Bertz CT molecular complexity index is 291. The van der Waals surface area contributed by atoms with Gasteiger partial charge in [-0.3, -0.25) is 0 Å². The number of nitrogens with one attached hydrogen (secondary N) is 1. The van der Waals surface area contributed by atoms with Gasteiger partial charge < -0.3 is 10.2 Å². The van der Waals surface area contributed by atoms with Gasteiger partial charge >= 0.3 is 0 Å². The van der Waals surface area contributed by atoms with Gasteiger partial charge in [0.2, 0.25) is 0 Å².